The van der Waals surface area contributed by atoms with Crippen molar-refractivity contribution >= 4 is 33.8 Å². The molecule has 1 aliphatic carbocycles. The van der Waals surface area contributed by atoms with E-state index in [9.17, 15) is 9.90 Å². The van der Waals surface area contributed by atoms with Crippen LogP contribution in [-0.4, -0.2) is 11.1 Å². The quantitative estimate of drug-likeness (QED) is 0.296. The molecule has 0 radical (unpaired) electrons. The van der Waals surface area contributed by atoms with E-state index in [0.29, 0.717) is 5.56 Å². The number of benzene rings is 5. The summed E-state index contributed by atoms with van der Waals surface area (Å²) in [6.45, 7) is 4.43. The smallest absolute Gasteiger partial charge is 0.335 e. The van der Waals surface area contributed by atoms with Crippen LogP contribution in [0.4, 0.5) is 17.1 Å². The maximum atomic E-state index is 11.6. The van der Waals surface area contributed by atoms with Gasteiger partial charge in [-0.15, -0.1) is 0 Å². The largest absolute Gasteiger partial charge is 0.478 e. The maximum Gasteiger partial charge on any atom is 0.335 e. The summed E-state index contributed by atoms with van der Waals surface area (Å²) < 4.78 is 0. The first-order chi connectivity index (χ1) is 16.9. The zero-order valence-corrected chi connectivity index (χ0v) is 19.7. The third-order valence-electron chi connectivity index (χ3n) is 7.17. The van der Waals surface area contributed by atoms with Crippen molar-refractivity contribution in [3.8, 4) is 11.1 Å². The van der Waals surface area contributed by atoms with E-state index < -0.39 is 5.97 Å². The van der Waals surface area contributed by atoms with E-state index in [1.165, 1.54) is 16.3 Å². The minimum Gasteiger partial charge on any atom is -0.478 e. The number of rotatable bonds is 4. The SMILES string of the molecule is CC1(C)c2ccc(C(=O)O)cc2-c2ccc(N(c3ccccc3)c3ccc4ccccc4c3)cc21. The van der Waals surface area contributed by atoms with Crippen LogP contribution in [0.2, 0.25) is 0 Å². The van der Waals surface area contributed by atoms with E-state index in [1.807, 2.05) is 18.2 Å². The first-order valence-corrected chi connectivity index (χ1v) is 11.8. The molecule has 0 bridgehead atoms. The maximum absolute atomic E-state index is 11.6. The molecule has 170 valence electrons. The van der Waals surface area contributed by atoms with Crippen molar-refractivity contribution in [2.45, 2.75) is 19.3 Å². The van der Waals surface area contributed by atoms with Gasteiger partial charge < -0.3 is 10.0 Å². The van der Waals surface area contributed by atoms with Crippen molar-refractivity contribution in [3.63, 3.8) is 0 Å². The monoisotopic (exact) mass is 455 g/mol. The van der Waals surface area contributed by atoms with Crippen LogP contribution >= 0.6 is 0 Å². The van der Waals surface area contributed by atoms with Gasteiger partial charge in [0.1, 0.15) is 0 Å². The molecule has 5 aromatic carbocycles. The molecule has 5 aromatic rings. The molecule has 6 rings (SSSR count). The topological polar surface area (TPSA) is 40.5 Å². The number of hydrogen-bond acceptors (Lipinski definition) is 2. The van der Waals surface area contributed by atoms with Crippen LogP contribution in [0.1, 0.15) is 35.3 Å². The lowest BCUT2D eigenvalue weighted by molar-refractivity contribution is 0.0697. The summed E-state index contributed by atoms with van der Waals surface area (Å²) in [5, 5.41) is 11.9. The van der Waals surface area contributed by atoms with Crippen LogP contribution < -0.4 is 4.90 Å². The van der Waals surface area contributed by atoms with Gasteiger partial charge in [-0.05, 0) is 81.6 Å². The van der Waals surface area contributed by atoms with Gasteiger partial charge >= 0.3 is 5.97 Å². The fraction of sp³-hybridized carbons (Fsp3) is 0.0938. The van der Waals surface area contributed by atoms with Gasteiger partial charge in [0.2, 0.25) is 0 Å². The number of fused-ring (bicyclic) bond motifs is 4. The average molecular weight is 456 g/mol. The third-order valence-corrected chi connectivity index (χ3v) is 7.17. The van der Waals surface area contributed by atoms with Crippen molar-refractivity contribution < 1.29 is 9.90 Å². The lowest BCUT2D eigenvalue weighted by Gasteiger charge is -2.28. The molecule has 0 fully saturated rings. The standard InChI is InChI=1S/C32H25NO2/c1-32(2)29-17-13-23(31(34)35)19-28(29)27-16-15-26(20-30(27)32)33(24-10-4-3-5-11-24)25-14-12-21-8-6-7-9-22(21)18-25/h3-20H,1-2H3,(H,34,35). The number of nitrogens with zero attached hydrogens (tertiary/aromatic N) is 1. The first-order valence-electron chi connectivity index (χ1n) is 11.8. The Kier molecular flexibility index (Phi) is 4.75. The predicted octanol–water partition coefficient (Wildman–Crippen LogP) is 8.31. The summed E-state index contributed by atoms with van der Waals surface area (Å²) in [5.74, 6) is -0.901. The zero-order valence-electron chi connectivity index (χ0n) is 19.7. The summed E-state index contributed by atoms with van der Waals surface area (Å²) in [6.07, 6.45) is 0. The fourth-order valence-corrected chi connectivity index (χ4v) is 5.35. The van der Waals surface area contributed by atoms with Crippen molar-refractivity contribution in [3.05, 3.63) is 126 Å². The number of carboxylic acids is 1. The van der Waals surface area contributed by atoms with E-state index >= 15 is 0 Å². The van der Waals surface area contributed by atoms with Crippen LogP contribution in [0.5, 0.6) is 0 Å². The van der Waals surface area contributed by atoms with Gasteiger partial charge in [0, 0.05) is 22.5 Å². The molecule has 0 saturated carbocycles. The molecule has 0 aliphatic heterocycles. The molecule has 35 heavy (non-hydrogen) atoms. The molecule has 3 nitrogen and oxygen atoms in total. The Bertz CT molecular complexity index is 1600. The highest BCUT2D eigenvalue weighted by Crippen LogP contribution is 2.51. The summed E-state index contributed by atoms with van der Waals surface area (Å²) in [6, 6.07) is 37.4. The van der Waals surface area contributed by atoms with Crippen molar-refractivity contribution in [2.24, 2.45) is 0 Å². The second-order valence-electron chi connectivity index (χ2n) is 9.62. The van der Waals surface area contributed by atoms with Crippen molar-refractivity contribution in [1.29, 1.82) is 0 Å². The molecule has 1 aliphatic rings. The van der Waals surface area contributed by atoms with Crippen LogP contribution in [0, 0.1) is 0 Å². The van der Waals surface area contributed by atoms with Gasteiger partial charge in [0.25, 0.3) is 0 Å². The highest BCUT2D eigenvalue weighted by molar-refractivity contribution is 5.93. The summed E-state index contributed by atoms with van der Waals surface area (Å²) in [4.78, 5) is 13.9. The number of anilines is 3. The first kappa shape index (κ1) is 21.2. The van der Waals surface area contributed by atoms with Gasteiger partial charge in [0.05, 0.1) is 5.56 Å². The van der Waals surface area contributed by atoms with Crippen LogP contribution in [0.15, 0.2) is 109 Å². The Morgan fingerprint density at radius 3 is 2.09 bits per heavy atom. The molecule has 0 spiro atoms. The van der Waals surface area contributed by atoms with Gasteiger partial charge in [0.15, 0.2) is 0 Å². The predicted molar refractivity (Wildman–Crippen MR) is 143 cm³/mol. The van der Waals surface area contributed by atoms with E-state index in [4.69, 9.17) is 0 Å². The van der Waals surface area contributed by atoms with E-state index in [1.54, 1.807) is 6.07 Å². The molecule has 0 heterocycles. The van der Waals surface area contributed by atoms with Gasteiger partial charge in [-0.2, -0.15) is 0 Å². The lowest BCUT2D eigenvalue weighted by Crippen LogP contribution is -2.16. The van der Waals surface area contributed by atoms with Gasteiger partial charge in [-0.25, -0.2) is 4.79 Å². The van der Waals surface area contributed by atoms with Crippen LogP contribution in [0.3, 0.4) is 0 Å². The highest BCUT2D eigenvalue weighted by Gasteiger charge is 2.36. The molecule has 0 unspecified atom stereocenters. The normalized spacial score (nSPS) is 13.3. The molecule has 0 saturated heterocycles. The van der Waals surface area contributed by atoms with Gasteiger partial charge in [-0.1, -0.05) is 74.5 Å². The van der Waals surface area contributed by atoms with Gasteiger partial charge in [-0.3, -0.25) is 0 Å². The molecule has 0 amide bonds. The molecule has 0 atom stereocenters. The molecule has 0 aromatic heterocycles. The Balaban J connectivity index is 1.54. The highest BCUT2D eigenvalue weighted by atomic mass is 16.4. The van der Waals surface area contributed by atoms with E-state index in [-0.39, 0.29) is 5.41 Å². The average Bonchev–Trinajstić information content (AvgIpc) is 3.11. The fourth-order valence-electron chi connectivity index (χ4n) is 5.35. The van der Waals surface area contributed by atoms with E-state index in [0.717, 1.165) is 33.8 Å². The van der Waals surface area contributed by atoms with Crippen LogP contribution in [0.25, 0.3) is 21.9 Å². The molecular weight excluding hydrogens is 430 g/mol. The second kappa shape index (κ2) is 7.85. The molecule has 1 N–H and O–H groups in total. The minimum absolute atomic E-state index is 0.233. The minimum atomic E-state index is -0.901. The number of para-hydroxylation sites is 1. The summed E-state index contributed by atoms with van der Waals surface area (Å²) in [5.41, 5.74) is 7.81. The molecular formula is C32H25NO2. The second-order valence-corrected chi connectivity index (χ2v) is 9.62. The Hall–Kier alpha value is -4.37. The van der Waals surface area contributed by atoms with Crippen molar-refractivity contribution in [1.82, 2.24) is 0 Å². The Morgan fingerprint density at radius 2 is 1.31 bits per heavy atom. The Labute approximate surface area is 204 Å². The zero-order chi connectivity index (χ0) is 24.2. The van der Waals surface area contributed by atoms with Crippen LogP contribution in [-0.2, 0) is 5.41 Å². The summed E-state index contributed by atoms with van der Waals surface area (Å²) in [7, 11) is 0. The van der Waals surface area contributed by atoms with Crippen molar-refractivity contribution in [2.75, 3.05) is 4.90 Å². The summed E-state index contributed by atoms with van der Waals surface area (Å²) >= 11 is 0. The Morgan fingerprint density at radius 1 is 0.629 bits per heavy atom. The third kappa shape index (κ3) is 3.39. The molecule has 3 heteroatoms. The van der Waals surface area contributed by atoms with E-state index in [2.05, 4.69) is 104 Å². The lowest BCUT2D eigenvalue weighted by atomic mass is 9.82. The number of carboxylic acid groups (broad SMARTS) is 1. The number of carbonyl (C=O) groups is 1. The number of aromatic carboxylic acids is 1. The number of hydrogen-bond donors (Lipinski definition) is 1.